The van der Waals surface area contributed by atoms with Gasteiger partial charge in [-0.1, -0.05) is 6.07 Å². The van der Waals surface area contributed by atoms with Gasteiger partial charge in [0.1, 0.15) is 0 Å². The van der Waals surface area contributed by atoms with Gasteiger partial charge in [-0.15, -0.1) is 0 Å². The molecule has 1 aliphatic carbocycles. The van der Waals surface area contributed by atoms with Gasteiger partial charge in [0.2, 0.25) is 0 Å². The summed E-state index contributed by atoms with van der Waals surface area (Å²) >= 11 is 0. The van der Waals surface area contributed by atoms with E-state index in [1.54, 1.807) is 6.20 Å². The van der Waals surface area contributed by atoms with Crippen LogP contribution in [0, 0.1) is 0 Å². The van der Waals surface area contributed by atoms with Crippen LogP contribution in [0.2, 0.25) is 0 Å². The number of carbonyl (C=O) groups is 1. The van der Waals surface area contributed by atoms with Crippen molar-refractivity contribution in [2.24, 2.45) is 0 Å². The van der Waals surface area contributed by atoms with Crippen LogP contribution in [-0.2, 0) is 0 Å². The summed E-state index contributed by atoms with van der Waals surface area (Å²) in [5.74, 6) is -0.0119. The van der Waals surface area contributed by atoms with Gasteiger partial charge in [-0.25, -0.2) is 0 Å². The Hall–Kier alpha value is -1.94. The van der Waals surface area contributed by atoms with Crippen molar-refractivity contribution in [2.45, 2.75) is 25.3 Å². The van der Waals surface area contributed by atoms with Gasteiger partial charge >= 0.3 is 0 Å². The van der Waals surface area contributed by atoms with Crippen molar-refractivity contribution in [2.75, 3.05) is 13.1 Å². The van der Waals surface area contributed by atoms with E-state index in [-0.39, 0.29) is 5.91 Å². The number of hydrogen-bond acceptors (Lipinski definition) is 3. The first-order valence-corrected chi connectivity index (χ1v) is 7.19. The van der Waals surface area contributed by atoms with Crippen molar-refractivity contribution >= 4 is 16.8 Å². The molecule has 1 heterocycles. The molecule has 1 fully saturated rings. The van der Waals surface area contributed by atoms with Gasteiger partial charge in [0.05, 0.1) is 5.52 Å². The van der Waals surface area contributed by atoms with E-state index in [1.165, 1.54) is 12.8 Å². The van der Waals surface area contributed by atoms with Crippen LogP contribution in [-0.4, -0.2) is 30.0 Å². The zero-order valence-corrected chi connectivity index (χ0v) is 11.4. The topological polar surface area (TPSA) is 54.0 Å². The summed E-state index contributed by atoms with van der Waals surface area (Å²) in [6, 6.07) is 10.2. The van der Waals surface area contributed by atoms with Crippen molar-refractivity contribution < 1.29 is 4.79 Å². The maximum absolute atomic E-state index is 12.0. The molecule has 1 amide bonds. The Balaban J connectivity index is 1.51. The third-order valence-corrected chi connectivity index (χ3v) is 3.51. The van der Waals surface area contributed by atoms with Gasteiger partial charge in [0, 0.05) is 29.7 Å². The van der Waals surface area contributed by atoms with Crippen LogP contribution in [0.25, 0.3) is 10.9 Å². The molecule has 0 aliphatic heterocycles. The van der Waals surface area contributed by atoms with E-state index in [4.69, 9.17) is 0 Å². The molecule has 3 rings (SSSR count). The Morgan fingerprint density at radius 3 is 3.00 bits per heavy atom. The fourth-order valence-corrected chi connectivity index (χ4v) is 2.20. The van der Waals surface area contributed by atoms with Gasteiger partial charge in [-0.05, 0) is 50.1 Å². The molecule has 0 unspecified atom stereocenters. The number of rotatable bonds is 6. The Morgan fingerprint density at radius 2 is 2.15 bits per heavy atom. The largest absolute Gasteiger partial charge is 0.352 e. The number of hydrogen-bond donors (Lipinski definition) is 2. The van der Waals surface area contributed by atoms with Gasteiger partial charge in [-0.3, -0.25) is 9.78 Å². The minimum absolute atomic E-state index is 0.0119. The number of benzene rings is 1. The molecular formula is C16H19N3O. The zero-order valence-electron chi connectivity index (χ0n) is 11.4. The van der Waals surface area contributed by atoms with Crippen LogP contribution in [0.4, 0.5) is 0 Å². The van der Waals surface area contributed by atoms with Gasteiger partial charge in [0.15, 0.2) is 0 Å². The van der Waals surface area contributed by atoms with Gasteiger partial charge < -0.3 is 10.6 Å². The summed E-state index contributed by atoms with van der Waals surface area (Å²) in [6.07, 6.45) is 5.33. The molecule has 2 aromatic rings. The SMILES string of the molecule is O=C(NCCCNC1CC1)c1ccc2ncccc2c1. The van der Waals surface area contributed by atoms with Crippen LogP contribution in [0.5, 0.6) is 0 Å². The van der Waals surface area contributed by atoms with Crippen molar-refractivity contribution in [3.8, 4) is 0 Å². The minimum atomic E-state index is -0.0119. The minimum Gasteiger partial charge on any atom is -0.352 e. The van der Waals surface area contributed by atoms with E-state index in [0.717, 1.165) is 29.9 Å². The molecule has 0 radical (unpaired) electrons. The molecule has 2 N–H and O–H groups in total. The summed E-state index contributed by atoms with van der Waals surface area (Å²) in [6.45, 7) is 1.69. The van der Waals surface area contributed by atoms with E-state index in [2.05, 4.69) is 15.6 Å². The molecule has 0 atom stereocenters. The molecular weight excluding hydrogens is 250 g/mol. The fraction of sp³-hybridized carbons (Fsp3) is 0.375. The third-order valence-electron chi connectivity index (χ3n) is 3.51. The average Bonchev–Trinajstić information content (AvgIpc) is 3.30. The number of amides is 1. The van der Waals surface area contributed by atoms with Crippen LogP contribution in [0.3, 0.4) is 0 Å². The summed E-state index contributed by atoms with van der Waals surface area (Å²) in [4.78, 5) is 16.3. The lowest BCUT2D eigenvalue weighted by atomic mass is 10.1. The molecule has 0 spiro atoms. The Bertz CT molecular complexity index is 607. The van der Waals surface area contributed by atoms with E-state index < -0.39 is 0 Å². The Labute approximate surface area is 118 Å². The summed E-state index contributed by atoms with van der Waals surface area (Å²) in [5.41, 5.74) is 1.61. The van der Waals surface area contributed by atoms with Crippen LogP contribution < -0.4 is 10.6 Å². The lowest BCUT2D eigenvalue weighted by Crippen LogP contribution is -2.27. The first kappa shape index (κ1) is 13.1. The second kappa shape index (κ2) is 6.01. The highest BCUT2D eigenvalue weighted by molar-refractivity contribution is 5.97. The van der Waals surface area contributed by atoms with Crippen LogP contribution in [0.15, 0.2) is 36.5 Å². The maximum atomic E-state index is 12.0. The third kappa shape index (κ3) is 3.33. The average molecular weight is 269 g/mol. The number of aromatic nitrogens is 1. The molecule has 1 aliphatic rings. The molecule has 20 heavy (non-hydrogen) atoms. The normalized spacial score (nSPS) is 14.4. The Morgan fingerprint density at radius 1 is 1.25 bits per heavy atom. The molecule has 4 heteroatoms. The number of nitrogens with one attached hydrogen (secondary N) is 2. The maximum Gasteiger partial charge on any atom is 0.251 e. The van der Waals surface area contributed by atoms with Crippen molar-refractivity contribution in [3.05, 3.63) is 42.1 Å². The fourth-order valence-electron chi connectivity index (χ4n) is 2.20. The number of pyridine rings is 1. The van der Waals surface area contributed by atoms with Gasteiger partial charge in [-0.2, -0.15) is 0 Å². The Kier molecular flexibility index (Phi) is 3.92. The van der Waals surface area contributed by atoms with Crippen molar-refractivity contribution in [1.82, 2.24) is 15.6 Å². The van der Waals surface area contributed by atoms with E-state index in [1.807, 2.05) is 30.3 Å². The molecule has 4 nitrogen and oxygen atoms in total. The second-order valence-electron chi connectivity index (χ2n) is 5.25. The first-order valence-electron chi connectivity index (χ1n) is 7.19. The predicted octanol–water partition coefficient (Wildman–Crippen LogP) is 2.11. The lowest BCUT2D eigenvalue weighted by Gasteiger charge is -2.06. The van der Waals surface area contributed by atoms with Gasteiger partial charge in [0.25, 0.3) is 5.91 Å². The molecule has 1 saturated carbocycles. The van der Waals surface area contributed by atoms with E-state index in [0.29, 0.717) is 12.1 Å². The molecule has 1 aromatic heterocycles. The zero-order chi connectivity index (χ0) is 13.8. The monoisotopic (exact) mass is 269 g/mol. The van der Waals surface area contributed by atoms with Crippen LogP contribution in [0.1, 0.15) is 29.6 Å². The summed E-state index contributed by atoms with van der Waals surface area (Å²) < 4.78 is 0. The second-order valence-corrected chi connectivity index (χ2v) is 5.25. The standard InChI is InChI=1S/C16H19N3O/c20-16(19-10-2-9-17-14-5-6-14)13-4-7-15-12(11-13)3-1-8-18-15/h1,3-4,7-8,11,14,17H,2,5-6,9-10H2,(H,19,20). The highest BCUT2D eigenvalue weighted by Gasteiger charge is 2.19. The first-order chi connectivity index (χ1) is 9.83. The van der Waals surface area contributed by atoms with E-state index >= 15 is 0 Å². The highest BCUT2D eigenvalue weighted by atomic mass is 16.1. The predicted molar refractivity (Wildman–Crippen MR) is 79.7 cm³/mol. The smallest absolute Gasteiger partial charge is 0.251 e. The lowest BCUT2D eigenvalue weighted by molar-refractivity contribution is 0.0953. The summed E-state index contributed by atoms with van der Waals surface area (Å²) in [5, 5.41) is 7.39. The van der Waals surface area contributed by atoms with Crippen molar-refractivity contribution in [3.63, 3.8) is 0 Å². The molecule has 104 valence electrons. The highest BCUT2D eigenvalue weighted by Crippen LogP contribution is 2.18. The molecule has 0 bridgehead atoms. The van der Waals surface area contributed by atoms with E-state index in [9.17, 15) is 4.79 Å². The number of fused-ring (bicyclic) bond motifs is 1. The summed E-state index contributed by atoms with van der Waals surface area (Å²) in [7, 11) is 0. The molecule has 0 saturated heterocycles. The number of nitrogens with zero attached hydrogens (tertiary/aromatic N) is 1. The number of carbonyl (C=O) groups excluding carboxylic acids is 1. The quantitative estimate of drug-likeness (QED) is 0.790. The van der Waals surface area contributed by atoms with Crippen LogP contribution >= 0.6 is 0 Å². The van der Waals surface area contributed by atoms with Crippen molar-refractivity contribution in [1.29, 1.82) is 0 Å². The molecule has 1 aromatic carbocycles.